The van der Waals surface area contributed by atoms with Gasteiger partial charge in [-0.05, 0) is 55.2 Å². The molecule has 1 aromatic rings. The molecular formula is C14H21ClN2. The zero-order valence-corrected chi connectivity index (χ0v) is 11.2. The van der Waals surface area contributed by atoms with E-state index in [4.69, 9.17) is 17.3 Å². The van der Waals surface area contributed by atoms with Crippen molar-refractivity contribution < 1.29 is 0 Å². The first-order chi connectivity index (χ1) is 8.20. The van der Waals surface area contributed by atoms with Crippen molar-refractivity contribution in [1.29, 1.82) is 0 Å². The molecule has 3 atom stereocenters. The summed E-state index contributed by atoms with van der Waals surface area (Å²) in [4.78, 5) is 4.04. The lowest BCUT2D eigenvalue weighted by Crippen LogP contribution is -2.31. The van der Waals surface area contributed by atoms with Crippen molar-refractivity contribution in [3.63, 3.8) is 0 Å². The van der Waals surface area contributed by atoms with Crippen LogP contribution in [0.1, 0.15) is 31.7 Å². The molecule has 0 radical (unpaired) electrons. The predicted molar refractivity (Wildman–Crippen MR) is 72.0 cm³/mol. The van der Waals surface area contributed by atoms with Crippen molar-refractivity contribution in [2.75, 3.05) is 6.54 Å². The predicted octanol–water partition coefficient (Wildman–Crippen LogP) is 3.29. The summed E-state index contributed by atoms with van der Waals surface area (Å²) in [6.45, 7) is 3.15. The van der Waals surface area contributed by atoms with E-state index < -0.39 is 0 Å². The van der Waals surface area contributed by atoms with Gasteiger partial charge in [0.2, 0.25) is 0 Å². The quantitative estimate of drug-likeness (QED) is 0.897. The van der Waals surface area contributed by atoms with E-state index in [2.05, 4.69) is 11.9 Å². The van der Waals surface area contributed by atoms with Gasteiger partial charge in [0.15, 0.2) is 0 Å². The molecule has 1 aromatic heterocycles. The normalized spacial score (nSPS) is 29.2. The molecule has 0 bridgehead atoms. The summed E-state index contributed by atoms with van der Waals surface area (Å²) in [5.41, 5.74) is 7.11. The Morgan fingerprint density at radius 2 is 2.24 bits per heavy atom. The van der Waals surface area contributed by atoms with Crippen LogP contribution in [0.25, 0.3) is 0 Å². The van der Waals surface area contributed by atoms with Crippen LogP contribution in [0.15, 0.2) is 18.5 Å². The first-order valence-corrected chi connectivity index (χ1v) is 6.87. The van der Waals surface area contributed by atoms with Crippen molar-refractivity contribution in [1.82, 2.24) is 4.98 Å². The highest BCUT2D eigenvalue weighted by atomic mass is 35.5. The molecule has 1 saturated carbocycles. The Hall–Kier alpha value is -0.600. The van der Waals surface area contributed by atoms with Gasteiger partial charge in [-0.15, -0.1) is 0 Å². The lowest BCUT2D eigenvalue weighted by atomic mass is 9.72. The van der Waals surface area contributed by atoms with Crippen LogP contribution < -0.4 is 5.73 Å². The smallest absolute Gasteiger partial charge is 0.0621 e. The highest BCUT2D eigenvalue weighted by molar-refractivity contribution is 6.31. The minimum Gasteiger partial charge on any atom is -0.330 e. The summed E-state index contributed by atoms with van der Waals surface area (Å²) in [7, 11) is 0. The number of rotatable bonds is 3. The second-order valence-electron chi connectivity index (χ2n) is 5.35. The molecule has 1 aliphatic rings. The number of halogens is 1. The van der Waals surface area contributed by atoms with Gasteiger partial charge in [0, 0.05) is 12.4 Å². The van der Waals surface area contributed by atoms with Crippen LogP contribution in [-0.4, -0.2) is 11.5 Å². The molecule has 3 heteroatoms. The maximum Gasteiger partial charge on any atom is 0.0621 e. The summed E-state index contributed by atoms with van der Waals surface area (Å²) in [6.07, 6.45) is 8.48. The number of nitrogens with two attached hydrogens (primary N) is 1. The summed E-state index contributed by atoms with van der Waals surface area (Å²) in [5, 5.41) is 0.793. The summed E-state index contributed by atoms with van der Waals surface area (Å²) < 4.78 is 0. The third-order valence-electron chi connectivity index (χ3n) is 4.04. The maximum absolute atomic E-state index is 6.18. The number of hydrogen-bond acceptors (Lipinski definition) is 2. The zero-order chi connectivity index (χ0) is 12.3. The number of nitrogens with zero attached hydrogens (tertiary/aromatic N) is 1. The molecule has 1 fully saturated rings. The van der Waals surface area contributed by atoms with Crippen molar-refractivity contribution in [3.8, 4) is 0 Å². The average Bonchev–Trinajstić information content (AvgIpc) is 2.32. The number of pyridine rings is 1. The van der Waals surface area contributed by atoms with Crippen molar-refractivity contribution in [2.45, 2.75) is 32.6 Å². The third kappa shape index (κ3) is 3.20. The van der Waals surface area contributed by atoms with Crippen molar-refractivity contribution in [3.05, 3.63) is 29.0 Å². The number of aromatic nitrogens is 1. The molecule has 94 valence electrons. The van der Waals surface area contributed by atoms with E-state index >= 15 is 0 Å². The number of hydrogen-bond donors (Lipinski definition) is 1. The largest absolute Gasteiger partial charge is 0.330 e. The first kappa shape index (κ1) is 12.8. The second-order valence-corrected chi connectivity index (χ2v) is 5.75. The Morgan fingerprint density at radius 3 is 2.94 bits per heavy atom. The van der Waals surface area contributed by atoms with Gasteiger partial charge in [-0.2, -0.15) is 0 Å². The van der Waals surface area contributed by atoms with E-state index in [0.717, 1.165) is 23.9 Å². The van der Waals surface area contributed by atoms with Gasteiger partial charge in [0.25, 0.3) is 0 Å². The SMILES string of the molecule is CC1CCC(CN)C(Cc2ccncc2Cl)C1. The fourth-order valence-corrected chi connectivity index (χ4v) is 3.17. The molecular weight excluding hydrogens is 232 g/mol. The van der Waals surface area contributed by atoms with Crippen LogP contribution in [0.4, 0.5) is 0 Å². The van der Waals surface area contributed by atoms with Gasteiger partial charge in [0.1, 0.15) is 0 Å². The van der Waals surface area contributed by atoms with Crippen LogP contribution in [-0.2, 0) is 6.42 Å². The van der Waals surface area contributed by atoms with Crippen LogP contribution in [0, 0.1) is 17.8 Å². The average molecular weight is 253 g/mol. The molecule has 2 N–H and O–H groups in total. The van der Waals surface area contributed by atoms with Gasteiger partial charge < -0.3 is 5.73 Å². The van der Waals surface area contributed by atoms with E-state index in [9.17, 15) is 0 Å². The molecule has 2 nitrogen and oxygen atoms in total. The summed E-state index contributed by atoms with van der Waals surface area (Å²) in [5.74, 6) is 2.17. The zero-order valence-electron chi connectivity index (χ0n) is 10.4. The van der Waals surface area contributed by atoms with Crippen LogP contribution in [0.2, 0.25) is 5.02 Å². The molecule has 2 rings (SSSR count). The van der Waals surface area contributed by atoms with E-state index in [1.165, 1.54) is 24.8 Å². The Morgan fingerprint density at radius 1 is 1.41 bits per heavy atom. The Kier molecular flexibility index (Phi) is 4.41. The van der Waals surface area contributed by atoms with Gasteiger partial charge in [-0.1, -0.05) is 24.9 Å². The van der Waals surface area contributed by atoms with Crippen LogP contribution >= 0.6 is 11.6 Å². The van der Waals surface area contributed by atoms with E-state index in [0.29, 0.717) is 11.8 Å². The minimum absolute atomic E-state index is 0.662. The van der Waals surface area contributed by atoms with Gasteiger partial charge in [-0.25, -0.2) is 0 Å². The second kappa shape index (κ2) is 5.83. The van der Waals surface area contributed by atoms with E-state index in [-0.39, 0.29) is 0 Å². The molecule has 3 unspecified atom stereocenters. The fraction of sp³-hybridized carbons (Fsp3) is 0.643. The standard InChI is InChI=1S/C14H21ClN2/c1-10-2-3-12(8-16)13(6-10)7-11-4-5-17-9-14(11)15/h4-5,9-10,12-13H,2-3,6-8,16H2,1H3. The molecule has 0 saturated heterocycles. The molecule has 0 spiro atoms. The van der Waals surface area contributed by atoms with E-state index in [1.807, 2.05) is 12.3 Å². The first-order valence-electron chi connectivity index (χ1n) is 6.49. The topological polar surface area (TPSA) is 38.9 Å². The monoisotopic (exact) mass is 252 g/mol. The molecule has 1 aliphatic carbocycles. The summed E-state index contributed by atoms with van der Waals surface area (Å²) >= 11 is 6.18. The Balaban J connectivity index is 2.07. The Labute approximate surface area is 109 Å². The van der Waals surface area contributed by atoms with Crippen molar-refractivity contribution in [2.24, 2.45) is 23.5 Å². The fourth-order valence-electron chi connectivity index (χ4n) is 2.97. The van der Waals surface area contributed by atoms with Crippen LogP contribution in [0.5, 0.6) is 0 Å². The van der Waals surface area contributed by atoms with Gasteiger partial charge >= 0.3 is 0 Å². The maximum atomic E-state index is 6.18. The van der Waals surface area contributed by atoms with E-state index in [1.54, 1.807) is 6.20 Å². The molecule has 17 heavy (non-hydrogen) atoms. The van der Waals surface area contributed by atoms with Crippen molar-refractivity contribution >= 4 is 11.6 Å². The lowest BCUT2D eigenvalue weighted by Gasteiger charge is -2.34. The molecule has 0 aromatic carbocycles. The highest BCUT2D eigenvalue weighted by Gasteiger charge is 2.28. The van der Waals surface area contributed by atoms with Crippen LogP contribution in [0.3, 0.4) is 0 Å². The molecule has 0 aliphatic heterocycles. The summed E-state index contributed by atoms with van der Waals surface area (Å²) in [6, 6.07) is 2.04. The molecule has 1 heterocycles. The van der Waals surface area contributed by atoms with Gasteiger partial charge in [0.05, 0.1) is 5.02 Å². The molecule has 0 amide bonds. The highest BCUT2D eigenvalue weighted by Crippen LogP contribution is 2.36. The third-order valence-corrected chi connectivity index (χ3v) is 4.38. The minimum atomic E-state index is 0.662. The lowest BCUT2D eigenvalue weighted by molar-refractivity contribution is 0.193. The Bertz CT molecular complexity index is 367. The van der Waals surface area contributed by atoms with Gasteiger partial charge in [-0.3, -0.25) is 4.98 Å².